The van der Waals surface area contributed by atoms with Crippen LogP contribution in [0, 0.1) is 25.6 Å². The first-order chi connectivity index (χ1) is 18.9. The molecule has 1 aliphatic rings. The minimum atomic E-state index is -1.14. The molecule has 1 atom stereocenters. The van der Waals surface area contributed by atoms with Crippen LogP contribution >= 0.6 is 0 Å². The number of carboxylic acid groups (broad SMARTS) is 1. The molecule has 0 saturated carbocycles. The summed E-state index contributed by atoms with van der Waals surface area (Å²) in [6.45, 7) is 13.9. The lowest BCUT2D eigenvalue weighted by atomic mass is 9.91. The molecule has 1 aromatic heterocycles. The van der Waals surface area contributed by atoms with Crippen LogP contribution < -0.4 is 9.64 Å². The predicted molar refractivity (Wildman–Crippen MR) is 157 cm³/mol. The number of ether oxygens (including phenoxy) is 2. The Labute approximate surface area is 237 Å². The first-order valence-corrected chi connectivity index (χ1v) is 14.1. The number of halogens is 1. The Morgan fingerprint density at radius 3 is 2.25 bits per heavy atom. The number of rotatable bonds is 9. The maximum Gasteiger partial charge on any atom is 0.337 e. The Hall–Kier alpha value is -3.45. The van der Waals surface area contributed by atoms with Crippen LogP contribution in [0.4, 0.5) is 10.1 Å². The van der Waals surface area contributed by atoms with E-state index in [1.807, 2.05) is 58.9 Å². The Morgan fingerprint density at radius 2 is 1.68 bits per heavy atom. The SMILES string of the molecule is Cc1nc(C)c([C@H](OC(C)(C)C)C(=O)O)c(N2CCC(C)CC2)c1-c1ccc(OCCc2ccc(F)cc2)cc1. The Kier molecular flexibility index (Phi) is 9.14. The van der Waals surface area contributed by atoms with E-state index in [4.69, 9.17) is 14.5 Å². The minimum absolute atomic E-state index is 0.248. The smallest absolute Gasteiger partial charge is 0.337 e. The molecule has 0 unspecified atom stereocenters. The van der Waals surface area contributed by atoms with Crippen LogP contribution in [0.5, 0.6) is 5.75 Å². The van der Waals surface area contributed by atoms with Crippen LogP contribution in [0.15, 0.2) is 48.5 Å². The largest absolute Gasteiger partial charge is 0.493 e. The number of hydrogen-bond donors (Lipinski definition) is 1. The summed E-state index contributed by atoms with van der Waals surface area (Å²) < 4.78 is 25.3. The van der Waals surface area contributed by atoms with Crippen molar-refractivity contribution in [3.05, 3.63) is 76.9 Å². The lowest BCUT2D eigenvalue weighted by Gasteiger charge is -2.37. The van der Waals surface area contributed by atoms with Gasteiger partial charge in [0.1, 0.15) is 11.6 Å². The lowest BCUT2D eigenvalue weighted by Crippen LogP contribution is -2.36. The molecule has 2 heterocycles. The third-order valence-electron chi connectivity index (χ3n) is 7.35. The maximum atomic E-state index is 13.2. The number of carboxylic acids is 1. The predicted octanol–water partition coefficient (Wildman–Crippen LogP) is 7.30. The molecule has 0 amide bonds. The molecule has 1 saturated heterocycles. The van der Waals surface area contributed by atoms with Crippen LogP contribution in [0.2, 0.25) is 0 Å². The average molecular weight is 549 g/mol. The van der Waals surface area contributed by atoms with E-state index in [0.717, 1.165) is 59.8 Å². The van der Waals surface area contributed by atoms with E-state index in [9.17, 15) is 14.3 Å². The molecule has 7 heteroatoms. The van der Waals surface area contributed by atoms with Gasteiger partial charge in [0.2, 0.25) is 0 Å². The molecular formula is C33H41FN2O4. The zero-order valence-electron chi connectivity index (χ0n) is 24.5. The fraction of sp³-hybridized carbons (Fsp3) is 0.455. The zero-order valence-corrected chi connectivity index (χ0v) is 24.5. The topological polar surface area (TPSA) is 71.9 Å². The van der Waals surface area contributed by atoms with E-state index >= 15 is 0 Å². The van der Waals surface area contributed by atoms with Crippen molar-refractivity contribution in [2.75, 3.05) is 24.6 Å². The molecule has 1 N–H and O–H groups in total. The van der Waals surface area contributed by atoms with E-state index in [1.54, 1.807) is 12.1 Å². The molecule has 0 radical (unpaired) electrons. The molecule has 2 aromatic carbocycles. The second-order valence-corrected chi connectivity index (χ2v) is 11.8. The molecule has 4 rings (SSSR count). The number of pyridine rings is 1. The standard InChI is InChI=1S/C33H41FN2O4/c1-21-15-18-36(19-16-21)30-28(22(2)35-23(3)29(30)31(32(37)38)40-33(4,5)6)25-9-13-27(14-10-25)39-20-17-24-7-11-26(34)12-8-24/h7-14,21,31H,15-20H2,1-6H3,(H,37,38)/t31-/m0/s1. The number of benzene rings is 2. The fourth-order valence-corrected chi connectivity index (χ4v) is 5.31. The van der Waals surface area contributed by atoms with E-state index in [2.05, 4.69) is 11.8 Å². The van der Waals surface area contributed by atoms with Crippen molar-refractivity contribution in [3.8, 4) is 16.9 Å². The van der Waals surface area contributed by atoms with Crippen molar-refractivity contribution in [3.63, 3.8) is 0 Å². The Morgan fingerprint density at radius 1 is 1.05 bits per heavy atom. The summed E-state index contributed by atoms with van der Waals surface area (Å²) in [6, 6.07) is 14.3. The van der Waals surface area contributed by atoms with Crippen molar-refractivity contribution in [2.24, 2.45) is 5.92 Å². The monoisotopic (exact) mass is 548 g/mol. The zero-order chi connectivity index (χ0) is 29.0. The normalized spacial score (nSPS) is 15.2. The van der Waals surface area contributed by atoms with Gasteiger partial charge in [-0.2, -0.15) is 0 Å². The second kappa shape index (κ2) is 12.4. The Balaban J connectivity index is 1.70. The third kappa shape index (κ3) is 7.19. The van der Waals surface area contributed by atoms with Gasteiger partial charge in [-0.1, -0.05) is 31.2 Å². The third-order valence-corrected chi connectivity index (χ3v) is 7.35. The van der Waals surface area contributed by atoms with Crippen LogP contribution in [-0.2, 0) is 16.0 Å². The first kappa shape index (κ1) is 29.5. The summed E-state index contributed by atoms with van der Waals surface area (Å²) in [6.07, 6.45) is 1.61. The van der Waals surface area contributed by atoms with Crippen molar-refractivity contribution < 1.29 is 23.8 Å². The molecule has 6 nitrogen and oxygen atoms in total. The molecule has 3 aromatic rings. The summed E-state index contributed by atoms with van der Waals surface area (Å²) >= 11 is 0. The van der Waals surface area contributed by atoms with E-state index in [-0.39, 0.29) is 5.82 Å². The molecular weight excluding hydrogens is 507 g/mol. The van der Waals surface area contributed by atoms with Gasteiger partial charge >= 0.3 is 5.97 Å². The molecule has 0 aliphatic carbocycles. The average Bonchev–Trinajstić information content (AvgIpc) is 2.89. The fourth-order valence-electron chi connectivity index (χ4n) is 5.31. The Bertz CT molecular complexity index is 1310. The highest BCUT2D eigenvalue weighted by atomic mass is 19.1. The van der Waals surface area contributed by atoms with Gasteiger partial charge in [-0.25, -0.2) is 9.18 Å². The van der Waals surface area contributed by atoms with Crippen molar-refractivity contribution >= 4 is 11.7 Å². The van der Waals surface area contributed by atoms with Crippen molar-refractivity contribution in [1.82, 2.24) is 4.98 Å². The van der Waals surface area contributed by atoms with Gasteiger partial charge in [0.25, 0.3) is 0 Å². The van der Waals surface area contributed by atoms with Crippen LogP contribution in [0.1, 0.15) is 69.2 Å². The van der Waals surface area contributed by atoms with Gasteiger partial charge in [-0.05, 0) is 88.8 Å². The number of aromatic nitrogens is 1. The summed E-state index contributed by atoms with van der Waals surface area (Å²) in [5, 5.41) is 10.3. The van der Waals surface area contributed by atoms with Gasteiger partial charge in [-0.3, -0.25) is 4.98 Å². The highest BCUT2D eigenvalue weighted by molar-refractivity contribution is 5.88. The van der Waals surface area contributed by atoms with Crippen molar-refractivity contribution in [1.29, 1.82) is 0 Å². The van der Waals surface area contributed by atoms with Gasteiger partial charge < -0.3 is 19.5 Å². The molecule has 0 bridgehead atoms. The number of carbonyl (C=O) groups is 1. The van der Waals surface area contributed by atoms with Gasteiger partial charge in [0.15, 0.2) is 6.10 Å². The lowest BCUT2D eigenvalue weighted by molar-refractivity contribution is -0.160. The number of aryl methyl sites for hydroxylation is 2. The summed E-state index contributed by atoms with van der Waals surface area (Å²) in [5.74, 6) is 0.0878. The maximum absolute atomic E-state index is 13.2. The van der Waals surface area contributed by atoms with Gasteiger partial charge in [-0.15, -0.1) is 0 Å². The molecule has 40 heavy (non-hydrogen) atoms. The van der Waals surface area contributed by atoms with Crippen LogP contribution in [-0.4, -0.2) is 41.4 Å². The van der Waals surface area contributed by atoms with Gasteiger partial charge in [0.05, 0.1) is 17.9 Å². The number of piperidine rings is 1. The quantitative estimate of drug-likeness (QED) is 0.302. The van der Waals surface area contributed by atoms with E-state index in [1.165, 1.54) is 12.1 Å². The summed E-state index contributed by atoms with van der Waals surface area (Å²) in [4.78, 5) is 19.8. The first-order valence-electron chi connectivity index (χ1n) is 14.1. The molecule has 1 aliphatic heterocycles. The molecule has 214 valence electrons. The van der Waals surface area contributed by atoms with E-state index in [0.29, 0.717) is 30.2 Å². The van der Waals surface area contributed by atoms with Crippen LogP contribution in [0.3, 0.4) is 0 Å². The number of nitrogens with zero attached hydrogens (tertiary/aromatic N) is 2. The highest BCUT2D eigenvalue weighted by Crippen LogP contribution is 2.43. The minimum Gasteiger partial charge on any atom is -0.493 e. The summed E-state index contributed by atoms with van der Waals surface area (Å²) in [5.41, 5.74) is 5.28. The second-order valence-electron chi connectivity index (χ2n) is 11.8. The van der Waals surface area contributed by atoms with E-state index < -0.39 is 17.7 Å². The number of aliphatic carboxylic acids is 1. The van der Waals surface area contributed by atoms with Gasteiger partial charge in [0, 0.05) is 42.0 Å². The number of anilines is 1. The summed E-state index contributed by atoms with van der Waals surface area (Å²) in [7, 11) is 0. The van der Waals surface area contributed by atoms with Crippen molar-refractivity contribution in [2.45, 2.75) is 72.5 Å². The molecule has 0 spiro atoms. The van der Waals surface area contributed by atoms with Crippen LogP contribution in [0.25, 0.3) is 11.1 Å². The number of hydrogen-bond acceptors (Lipinski definition) is 5. The highest BCUT2D eigenvalue weighted by Gasteiger charge is 2.35. The molecule has 1 fully saturated rings.